The van der Waals surface area contributed by atoms with Crippen molar-refractivity contribution in [3.8, 4) is 17.3 Å². The summed E-state index contributed by atoms with van der Waals surface area (Å²) >= 11 is 0. The van der Waals surface area contributed by atoms with Crippen LogP contribution >= 0.6 is 0 Å². The molecule has 0 saturated carbocycles. The number of aromatic nitrogens is 6. The van der Waals surface area contributed by atoms with E-state index in [-0.39, 0.29) is 0 Å². The largest absolute Gasteiger partial charge is 0.378 e. The van der Waals surface area contributed by atoms with Crippen molar-refractivity contribution in [1.82, 2.24) is 29.5 Å². The maximum atomic E-state index is 5.52. The number of rotatable bonds is 6. The Morgan fingerprint density at radius 2 is 1.93 bits per heavy atom. The fourth-order valence-corrected chi connectivity index (χ4v) is 3.80. The van der Waals surface area contributed by atoms with Crippen molar-refractivity contribution in [1.29, 1.82) is 0 Å². The van der Waals surface area contributed by atoms with Gasteiger partial charge in [0.25, 0.3) is 0 Å². The van der Waals surface area contributed by atoms with E-state index in [9.17, 15) is 0 Å². The van der Waals surface area contributed by atoms with Gasteiger partial charge in [0.05, 0.1) is 13.2 Å². The molecule has 1 saturated heterocycles. The number of H-pyrrole nitrogens is 1. The van der Waals surface area contributed by atoms with Gasteiger partial charge in [-0.1, -0.05) is 25.5 Å². The lowest BCUT2D eigenvalue weighted by Crippen LogP contribution is -2.37. The number of hydrogen-bond donors (Lipinski definition) is 1. The third-order valence-electron chi connectivity index (χ3n) is 5.43. The van der Waals surface area contributed by atoms with E-state index >= 15 is 0 Å². The molecule has 154 valence electrons. The molecule has 1 fully saturated rings. The van der Waals surface area contributed by atoms with Crippen LogP contribution in [0.1, 0.15) is 25.6 Å². The summed E-state index contributed by atoms with van der Waals surface area (Å²) in [5.41, 5.74) is 2.05. The first kappa shape index (κ1) is 18.7. The Bertz CT molecular complexity index is 1140. The molecule has 1 aromatic carbocycles. The SMILES string of the molecule is CCCCc1nccn1-c1nc(-c2cccc3[nH]ccc23)nc(N2CCOCC2)n1. The maximum absolute atomic E-state index is 5.52. The zero-order valence-corrected chi connectivity index (χ0v) is 17.1. The molecule has 5 rings (SSSR count). The quantitative estimate of drug-likeness (QED) is 0.531. The van der Waals surface area contributed by atoms with Crippen LogP contribution in [0.3, 0.4) is 0 Å². The van der Waals surface area contributed by atoms with Crippen molar-refractivity contribution in [3.05, 3.63) is 48.7 Å². The molecule has 0 spiro atoms. The van der Waals surface area contributed by atoms with Crippen molar-refractivity contribution < 1.29 is 4.74 Å². The molecule has 0 atom stereocenters. The van der Waals surface area contributed by atoms with Gasteiger partial charge in [-0.15, -0.1) is 0 Å². The Morgan fingerprint density at radius 3 is 2.80 bits per heavy atom. The monoisotopic (exact) mass is 403 g/mol. The number of ether oxygens (including phenoxy) is 1. The highest BCUT2D eigenvalue weighted by atomic mass is 16.5. The van der Waals surface area contributed by atoms with Gasteiger partial charge in [-0.3, -0.25) is 4.57 Å². The normalized spacial score (nSPS) is 14.5. The van der Waals surface area contributed by atoms with Crippen molar-refractivity contribution in [3.63, 3.8) is 0 Å². The molecule has 1 aliphatic heterocycles. The fraction of sp³-hybridized carbons (Fsp3) is 0.364. The Morgan fingerprint density at radius 1 is 1.07 bits per heavy atom. The summed E-state index contributed by atoms with van der Waals surface area (Å²) in [4.78, 5) is 24.5. The predicted molar refractivity (Wildman–Crippen MR) is 116 cm³/mol. The van der Waals surface area contributed by atoms with Crippen LogP contribution in [0.4, 0.5) is 5.95 Å². The van der Waals surface area contributed by atoms with Crippen LogP contribution < -0.4 is 4.90 Å². The van der Waals surface area contributed by atoms with Gasteiger partial charge in [-0.2, -0.15) is 15.0 Å². The van der Waals surface area contributed by atoms with E-state index < -0.39 is 0 Å². The molecule has 8 heteroatoms. The van der Waals surface area contributed by atoms with Gasteiger partial charge in [0.15, 0.2) is 5.82 Å². The van der Waals surface area contributed by atoms with Gasteiger partial charge < -0.3 is 14.6 Å². The van der Waals surface area contributed by atoms with E-state index in [4.69, 9.17) is 19.7 Å². The van der Waals surface area contributed by atoms with Gasteiger partial charge in [0.2, 0.25) is 11.9 Å². The number of unbranched alkanes of at least 4 members (excludes halogenated alkanes) is 1. The number of aryl methyl sites for hydroxylation is 1. The van der Waals surface area contributed by atoms with Gasteiger partial charge in [0.1, 0.15) is 5.82 Å². The van der Waals surface area contributed by atoms with Crippen LogP contribution in [0, 0.1) is 0 Å². The lowest BCUT2D eigenvalue weighted by atomic mass is 10.1. The highest BCUT2D eigenvalue weighted by Crippen LogP contribution is 2.27. The van der Waals surface area contributed by atoms with E-state index in [1.807, 2.05) is 29.2 Å². The molecule has 0 bridgehead atoms. The summed E-state index contributed by atoms with van der Waals surface area (Å²) in [6.07, 6.45) is 8.78. The second-order valence-corrected chi connectivity index (χ2v) is 7.42. The van der Waals surface area contributed by atoms with Crippen LogP contribution in [-0.2, 0) is 11.2 Å². The van der Waals surface area contributed by atoms with Crippen LogP contribution in [-0.4, -0.2) is 55.8 Å². The highest BCUT2D eigenvalue weighted by molar-refractivity contribution is 5.93. The Balaban J connectivity index is 1.65. The van der Waals surface area contributed by atoms with Gasteiger partial charge in [0, 0.05) is 54.6 Å². The summed E-state index contributed by atoms with van der Waals surface area (Å²) in [5, 5.41) is 1.10. The Labute approximate surface area is 175 Å². The molecule has 3 aromatic heterocycles. The van der Waals surface area contributed by atoms with E-state index in [0.29, 0.717) is 30.9 Å². The molecule has 30 heavy (non-hydrogen) atoms. The van der Waals surface area contributed by atoms with Crippen molar-refractivity contribution >= 4 is 16.9 Å². The summed E-state index contributed by atoms with van der Waals surface area (Å²) in [6.45, 7) is 5.07. The molecule has 8 nitrogen and oxygen atoms in total. The number of nitrogens with one attached hydrogen (secondary N) is 1. The molecular formula is C22H25N7O. The molecule has 0 amide bonds. The first-order chi connectivity index (χ1) is 14.8. The molecule has 0 radical (unpaired) electrons. The minimum atomic E-state index is 0.609. The summed E-state index contributed by atoms with van der Waals surface area (Å²) in [7, 11) is 0. The lowest BCUT2D eigenvalue weighted by Gasteiger charge is -2.27. The zero-order valence-electron chi connectivity index (χ0n) is 17.1. The summed E-state index contributed by atoms with van der Waals surface area (Å²) in [6, 6.07) is 8.20. The molecule has 1 aliphatic rings. The molecule has 0 aliphatic carbocycles. The second-order valence-electron chi connectivity index (χ2n) is 7.42. The number of imidazole rings is 1. The van der Waals surface area contributed by atoms with Crippen LogP contribution in [0.15, 0.2) is 42.9 Å². The maximum Gasteiger partial charge on any atom is 0.240 e. The first-order valence-corrected chi connectivity index (χ1v) is 10.5. The third kappa shape index (κ3) is 3.54. The van der Waals surface area contributed by atoms with E-state index in [2.05, 4.69) is 40.0 Å². The zero-order chi connectivity index (χ0) is 20.3. The number of hydrogen-bond acceptors (Lipinski definition) is 6. The highest BCUT2D eigenvalue weighted by Gasteiger charge is 2.20. The number of aromatic amines is 1. The molecule has 4 aromatic rings. The number of anilines is 1. The van der Waals surface area contributed by atoms with E-state index in [1.54, 1.807) is 0 Å². The van der Waals surface area contributed by atoms with Gasteiger partial charge in [-0.25, -0.2) is 4.98 Å². The standard InChI is InChI=1S/C22H25N7O/c1-2-3-7-19-24-10-11-29(19)22-26-20(17-5-4-6-18-16(17)8-9-23-18)25-21(27-22)28-12-14-30-15-13-28/h4-6,8-11,23H,2-3,7,12-15H2,1H3. The third-order valence-corrected chi connectivity index (χ3v) is 5.43. The number of benzene rings is 1. The van der Waals surface area contributed by atoms with E-state index in [0.717, 1.165) is 54.6 Å². The Kier molecular flexibility index (Phi) is 5.15. The average Bonchev–Trinajstić information content (AvgIpc) is 3.47. The van der Waals surface area contributed by atoms with E-state index in [1.165, 1.54) is 0 Å². The number of fused-ring (bicyclic) bond motifs is 1. The smallest absolute Gasteiger partial charge is 0.240 e. The minimum absolute atomic E-state index is 0.609. The Hall–Kier alpha value is -3.26. The average molecular weight is 403 g/mol. The molecule has 0 unspecified atom stereocenters. The predicted octanol–water partition coefficient (Wildman–Crippen LogP) is 3.38. The number of morpholine rings is 1. The molecule has 1 N–H and O–H groups in total. The van der Waals surface area contributed by atoms with Crippen LogP contribution in [0.5, 0.6) is 0 Å². The van der Waals surface area contributed by atoms with Crippen molar-refractivity contribution in [2.24, 2.45) is 0 Å². The first-order valence-electron chi connectivity index (χ1n) is 10.5. The summed E-state index contributed by atoms with van der Waals surface area (Å²) < 4.78 is 7.51. The van der Waals surface area contributed by atoms with Crippen LogP contribution in [0.25, 0.3) is 28.2 Å². The fourth-order valence-electron chi connectivity index (χ4n) is 3.80. The second kappa shape index (κ2) is 8.23. The van der Waals surface area contributed by atoms with Gasteiger partial charge in [-0.05, 0) is 18.6 Å². The topological polar surface area (TPSA) is 84.8 Å². The number of nitrogens with zero attached hydrogens (tertiary/aromatic N) is 6. The van der Waals surface area contributed by atoms with Crippen molar-refractivity contribution in [2.45, 2.75) is 26.2 Å². The van der Waals surface area contributed by atoms with Crippen molar-refractivity contribution in [2.75, 3.05) is 31.2 Å². The minimum Gasteiger partial charge on any atom is -0.378 e. The van der Waals surface area contributed by atoms with Gasteiger partial charge >= 0.3 is 0 Å². The summed E-state index contributed by atoms with van der Waals surface area (Å²) in [5.74, 6) is 2.93. The van der Waals surface area contributed by atoms with Crippen LogP contribution in [0.2, 0.25) is 0 Å². The molecular weight excluding hydrogens is 378 g/mol. The lowest BCUT2D eigenvalue weighted by molar-refractivity contribution is 0.122. The molecule has 4 heterocycles.